The maximum absolute atomic E-state index is 12.7. The Morgan fingerprint density at radius 1 is 1.17 bits per heavy atom. The highest BCUT2D eigenvalue weighted by atomic mass is 16.2. The molecule has 0 spiro atoms. The van der Waals surface area contributed by atoms with Gasteiger partial charge in [0.15, 0.2) is 0 Å². The maximum Gasteiger partial charge on any atom is 0.225 e. The zero-order valence-electron chi connectivity index (χ0n) is 13.8. The first-order chi connectivity index (χ1) is 11.2. The van der Waals surface area contributed by atoms with Gasteiger partial charge in [-0.25, -0.2) is 0 Å². The van der Waals surface area contributed by atoms with Crippen LogP contribution in [0.5, 0.6) is 0 Å². The Kier molecular flexibility index (Phi) is 4.99. The first-order valence-electron chi connectivity index (χ1n) is 8.75. The van der Waals surface area contributed by atoms with Gasteiger partial charge in [-0.15, -0.1) is 0 Å². The van der Waals surface area contributed by atoms with Crippen molar-refractivity contribution in [3.63, 3.8) is 0 Å². The summed E-state index contributed by atoms with van der Waals surface area (Å²) in [6.07, 6.45) is 6.12. The van der Waals surface area contributed by atoms with Crippen LogP contribution in [-0.4, -0.2) is 30.3 Å². The third-order valence-electron chi connectivity index (χ3n) is 5.38. The fraction of sp³-hybridized carbons (Fsp3) is 0.579. The number of nitrogens with one attached hydrogen (secondary N) is 1. The van der Waals surface area contributed by atoms with Crippen molar-refractivity contribution < 1.29 is 9.59 Å². The molecular formula is C19H26N2O2. The molecular weight excluding hydrogens is 288 g/mol. The highest BCUT2D eigenvalue weighted by Gasteiger charge is 2.38. The lowest BCUT2D eigenvalue weighted by Crippen LogP contribution is -2.47. The predicted octanol–water partition coefficient (Wildman–Crippen LogP) is 2.90. The second-order valence-corrected chi connectivity index (χ2v) is 6.90. The van der Waals surface area contributed by atoms with Crippen molar-refractivity contribution in [2.75, 3.05) is 13.6 Å². The van der Waals surface area contributed by atoms with Gasteiger partial charge in [0.1, 0.15) is 0 Å². The summed E-state index contributed by atoms with van der Waals surface area (Å²) in [5.74, 6) is 0.711. The van der Waals surface area contributed by atoms with Gasteiger partial charge in [-0.2, -0.15) is 0 Å². The molecule has 1 aliphatic carbocycles. The van der Waals surface area contributed by atoms with Crippen LogP contribution in [0.15, 0.2) is 30.3 Å². The van der Waals surface area contributed by atoms with E-state index in [0.29, 0.717) is 18.8 Å². The van der Waals surface area contributed by atoms with E-state index >= 15 is 0 Å². The lowest BCUT2D eigenvalue weighted by Gasteiger charge is -2.38. The molecule has 0 radical (unpaired) electrons. The monoisotopic (exact) mass is 314 g/mol. The summed E-state index contributed by atoms with van der Waals surface area (Å²) in [4.78, 5) is 26.6. The van der Waals surface area contributed by atoms with Crippen molar-refractivity contribution in [3.8, 4) is 0 Å². The van der Waals surface area contributed by atoms with Crippen LogP contribution in [0.1, 0.15) is 50.1 Å². The summed E-state index contributed by atoms with van der Waals surface area (Å²) in [5, 5.41) is 3.15. The molecule has 1 saturated carbocycles. The average Bonchev–Trinajstić information content (AvgIpc) is 3.09. The smallest absolute Gasteiger partial charge is 0.225 e. The van der Waals surface area contributed by atoms with Gasteiger partial charge >= 0.3 is 0 Å². The summed E-state index contributed by atoms with van der Waals surface area (Å²) in [5.41, 5.74) is 1.05. The van der Waals surface area contributed by atoms with Gasteiger partial charge in [-0.05, 0) is 30.7 Å². The number of piperidine rings is 1. The normalized spacial score (nSPS) is 25.6. The molecule has 23 heavy (non-hydrogen) atoms. The second-order valence-electron chi connectivity index (χ2n) is 6.90. The fourth-order valence-electron chi connectivity index (χ4n) is 4.01. The van der Waals surface area contributed by atoms with Crippen LogP contribution < -0.4 is 5.32 Å². The Hall–Kier alpha value is -1.84. The van der Waals surface area contributed by atoms with E-state index in [1.165, 1.54) is 25.7 Å². The lowest BCUT2D eigenvalue weighted by molar-refractivity contribution is -0.141. The van der Waals surface area contributed by atoms with Crippen molar-refractivity contribution in [1.29, 1.82) is 0 Å². The Morgan fingerprint density at radius 2 is 1.87 bits per heavy atom. The zero-order valence-corrected chi connectivity index (χ0v) is 13.8. The van der Waals surface area contributed by atoms with Gasteiger partial charge < -0.3 is 10.2 Å². The number of hydrogen-bond donors (Lipinski definition) is 1. The summed E-state index contributed by atoms with van der Waals surface area (Å²) in [6, 6.07) is 9.77. The SMILES string of the molecule is CN1C(=O)CC[C@H](C(=O)NCC2CCCC2)[C@@H]1c1ccccc1. The second kappa shape index (κ2) is 7.16. The van der Waals surface area contributed by atoms with E-state index in [1.807, 2.05) is 37.4 Å². The molecule has 2 aliphatic rings. The fourth-order valence-corrected chi connectivity index (χ4v) is 4.01. The van der Waals surface area contributed by atoms with Crippen LogP contribution in [0.4, 0.5) is 0 Å². The molecule has 1 aromatic rings. The molecule has 1 N–H and O–H groups in total. The molecule has 0 aromatic heterocycles. The number of carbonyl (C=O) groups excluding carboxylic acids is 2. The van der Waals surface area contributed by atoms with Gasteiger partial charge in [0.2, 0.25) is 11.8 Å². The average molecular weight is 314 g/mol. The Bertz CT molecular complexity index is 552. The van der Waals surface area contributed by atoms with E-state index in [4.69, 9.17) is 0 Å². The number of nitrogens with zero attached hydrogens (tertiary/aromatic N) is 1. The molecule has 1 heterocycles. The summed E-state index contributed by atoms with van der Waals surface area (Å²) >= 11 is 0. The number of amides is 2. The van der Waals surface area contributed by atoms with Gasteiger partial charge in [0.25, 0.3) is 0 Å². The number of carbonyl (C=O) groups is 2. The minimum Gasteiger partial charge on any atom is -0.356 e. The van der Waals surface area contributed by atoms with Crippen LogP contribution in [-0.2, 0) is 9.59 Å². The van der Waals surface area contributed by atoms with Crippen LogP contribution in [0.2, 0.25) is 0 Å². The van der Waals surface area contributed by atoms with E-state index in [1.54, 1.807) is 4.90 Å². The highest BCUT2D eigenvalue weighted by molar-refractivity contribution is 5.84. The van der Waals surface area contributed by atoms with E-state index in [0.717, 1.165) is 12.1 Å². The van der Waals surface area contributed by atoms with Gasteiger partial charge in [0, 0.05) is 20.0 Å². The quantitative estimate of drug-likeness (QED) is 0.929. The third kappa shape index (κ3) is 3.57. The maximum atomic E-state index is 12.7. The molecule has 2 fully saturated rings. The first-order valence-corrected chi connectivity index (χ1v) is 8.75. The Labute approximate surface area is 138 Å². The summed E-state index contributed by atoms with van der Waals surface area (Å²) in [6.45, 7) is 0.786. The van der Waals surface area contributed by atoms with E-state index < -0.39 is 0 Å². The topological polar surface area (TPSA) is 49.4 Å². The summed E-state index contributed by atoms with van der Waals surface area (Å²) < 4.78 is 0. The van der Waals surface area contributed by atoms with Crippen molar-refractivity contribution in [3.05, 3.63) is 35.9 Å². The number of likely N-dealkylation sites (tertiary alicyclic amines) is 1. The largest absolute Gasteiger partial charge is 0.356 e. The van der Waals surface area contributed by atoms with E-state index in [2.05, 4.69) is 5.32 Å². The molecule has 2 amide bonds. The molecule has 4 heteroatoms. The van der Waals surface area contributed by atoms with E-state index in [9.17, 15) is 9.59 Å². The van der Waals surface area contributed by atoms with Gasteiger partial charge in [-0.3, -0.25) is 9.59 Å². The van der Waals surface area contributed by atoms with Crippen molar-refractivity contribution >= 4 is 11.8 Å². The molecule has 4 nitrogen and oxygen atoms in total. The molecule has 1 aromatic carbocycles. The van der Waals surface area contributed by atoms with Crippen molar-refractivity contribution in [2.45, 2.75) is 44.6 Å². The van der Waals surface area contributed by atoms with Crippen LogP contribution in [0, 0.1) is 11.8 Å². The van der Waals surface area contributed by atoms with Crippen LogP contribution in [0.25, 0.3) is 0 Å². The minimum absolute atomic E-state index is 0.102. The van der Waals surface area contributed by atoms with Crippen molar-refractivity contribution in [2.24, 2.45) is 11.8 Å². The first kappa shape index (κ1) is 16.0. The molecule has 1 aliphatic heterocycles. The standard InChI is InChI=1S/C19H26N2O2/c1-21-17(22)12-11-16(18(21)15-9-3-2-4-10-15)19(23)20-13-14-7-5-6-8-14/h2-4,9-10,14,16,18H,5-8,11-13H2,1H3,(H,20,23)/t16-,18-/m0/s1. The van der Waals surface area contributed by atoms with Crippen LogP contribution >= 0.6 is 0 Å². The van der Waals surface area contributed by atoms with Gasteiger partial charge in [-0.1, -0.05) is 43.2 Å². The predicted molar refractivity (Wildman–Crippen MR) is 89.6 cm³/mol. The number of hydrogen-bond acceptors (Lipinski definition) is 2. The third-order valence-corrected chi connectivity index (χ3v) is 5.38. The number of rotatable bonds is 4. The molecule has 124 valence electrons. The molecule has 0 unspecified atom stereocenters. The highest BCUT2D eigenvalue weighted by Crippen LogP contribution is 2.36. The molecule has 0 bridgehead atoms. The van der Waals surface area contributed by atoms with E-state index in [-0.39, 0.29) is 23.8 Å². The van der Waals surface area contributed by atoms with Crippen LogP contribution in [0.3, 0.4) is 0 Å². The van der Waals surface area contributed by atoms with Gasteiger partial charge in [0.05, 0.1) is 12.0 Å². The number of benzene rings is 1. The minimum atomic E-state index is -0.152. The molecule has 2 atom stereocenters. The Balaban J connectivity index is 1.72. The Morgan fingerprint density at radius 3 is 2.57 bits per heavy atom. The summed E-state index contributed by atoms with van der Waals surface area (Å²) in [7, 11) is 1.82. The molecule has 1 saturated heterocycles. The van der Waals surface area contributed by atoms with Crippen molar-refractivity contribution in [1.82, 2.24) is 10.2 Å². The lowest BCUT2D eigenvalue weighted by atomic mass is 9.84. The molecule has 3 rings (SSSR count). The zero-order chi connectivity index (χ0) is 16.2.